The van der Waals surface area contributed by atoms with E-state index < -0.39 is 0 Å². The van der Waals surface area contributed by atoms with Gasteiger partial charge in [-0.15, -0.1) is 10.2 Å². The highest BCUT2D eigenvalue weighted by atomic mass is 15.3. The van der Waals surface area contributed by atoms with Crippen molar-refractivity contribution in [3.63, 3.8) is 0 Å². The number of nitrogens with one attached hydrogen (secondary N) is 2. The molecule has 0 bridgehead atoms. The van der Waals surface area contributed by atoms with Gasteiger partial charge in [-0.3, -0.25) is 9.89 Å². The lowest BCUT2D eigenvalue weighted by Gasteiger charge is -2.30. The molecule has 0 aliphatic carbocycles. The maximum absolute atomic E-state index is 4.28. The standard InChI is InChI=1S/C17H35N7/c1-7-16-22-21-13-23(16)12-10-20-17(18-6)19-9-8-11-24(14(2)3)15(4)5/h13-15H,7-12H2,1-6H3,(H2,18,19,20). The van der Waals surface area contributed by atoms with E-state index in [1.807, 2.05) is 0 Å². The first-order chi connectivity index (χ1) is 11.5. The fourth-order valence-corrected chi connectivity index (χ4v) is 2.84. The summed E-state index contributed by atoms with van der Waals surface area (Å²) in [5.41, 5.74) is 0. The number of guanidine groups is 1. The Hall–Kier alpha value is -1.63. The molecule has 0 saturated heterocycles. The number of aromatic nitrogens is 3. The van der Waals surface area contributed by atoms with Crippen LogP contribution in [0.5, 0.6) is 0 Å². The van der Waals surface area contributed by atoms with Gasteiger partial charge in [0, 0.05) is 51.7 Å². The fourth-order valence-electron chi connectivity index (χ4n) is 2.84. The number of nitrogens with zero attached hydrogens (tertiary/aromatic N) is 5. The van der Waals surface area contributed by atoms with Crippen molar-refractivity contribution in [1.29, 1.82) is 0 Å². The van der Waals surface area contributed by atoms with Crippen molar-refractivity contribution >= 4 is 5.96 Å². The molecule has 1 aromatic heterocycles. The predicted octanol–water partition coefficient (Wildman–Crippen LogP) is 1.51. The lowest BCUT2D eigenvalue weighted by atomic mass is 10.2. The Morgan fingerprint density at radius 3 is 2.46 bits per heavy atom. The monoisotopic (exact) mass is 337 g/mol. The molecule has 7 nitrogen and oxygen atoms in total. The molecule has 0 unspecified atom stereocenters. The molecule has 0 saturated carbocycles. The third kappa shape index (κ3) is 6.86. The molecule has 0 aliphatic rings. The van der Waals surface area contributed by atoms with Crippen molar-refractivity contribution < 1.29 is 0 Å². The minimum atomic E-state index is 0.582. The van der Waals surface area contributed by atoms with Gasteiger partial charge in [-0.1, -0.05) is 6.92 Å². The Balaban J connectivity index is 2.26. The van der Waals surface area contributed by atoms with Crippen molar-refractivity contribution in [2.24, 2.45) is 4.99 Å². The Bertz CT molecular complexity index is 471. The summed E-state index contributed by atoms with van der Waals surface area (Å²) in [4.78, 5) is 6.79. The van der Waals surface area contributed by atoms with Crippen LogP contribution in [0.2, 0.25) is 0 Å². The smallest absolute Gasteiger partial charge is 0.191 e. The van der Waals surface area contributed by atoms with Crippen molar-refractivity contribution in [2.75, 3.05) is 26.7 Å². The summed E-state index contributed by atoms with van der Waals surface area (Å²) in [5.74, 6) is 1.86. The van der Waals surface area contributed by atoms with Gasteiger partial charge in [0.1, 0.15) is 12.2 Å². The van der Waals surface area contributed by atoms with Gasteiger partial charge in [-0.25, -0.2) is 0 Å². The van der Waals surface area contributed by atoms with Crippen LogP contribution < -0.4 is 10.6 Å². The molecule has 0 radical (unpaired) electrons. The van der Waals surface area contributed by atoms with Gasteiger partial charge in [0.25, 0.3) is 0 Å². The minimum Gasteiger partial charge on any atom is -0.356 e. The molecule has 0 aliphatic heterocycles. The van der Waals surface area contributed by atoms with Crippen LogP contribution in [-0.4, -0.2) is 64.4 Å². The van der Waals surface area contributed by atoms with E-state index in [1.165, 1.54) is 0 Å². The SMILES string of the molecule is CCc1nncn1CCNC(=NC)NCCCN(C(C)C)C(C)C. The highest BCUT2D eigenvalue weighted by Crippen LogP contribution is 2.05. The second kappa shape index (κ2) is 11.0. The van der Waals surface area contributed by atoms with E-state index in [4.69, 9.17) is 0 Å². The summed E-state index contributed by atoms with van der Waals surface area (Å²) in [5, 5.41) is 14.8. The summed E-state index contributed by atoms with van der Waals surface area (Å²) < 4.78 is 2.07. The molecule has 0 aromatic carbocycles. The van der Waals surface area contributed by atoms with Gasteiger partial charge in [0.2, 0.25) is 0 Å². The molecule has 1 rings (SSSR count). The van der Waals surface area contributed by atoms with Crippen LogP contribution in [0, 0.1) is 0 Å². The average molecular weight is 338 g/mol. The molecule has 138 valence electrons. The molecular weight excluding hydrogens is 302 g/mol. The Morgan fingerprint density at radius 1 is 1.21 bits per heavy atom. The Labute approximate surface area is 146 Å². The van der Waals surface area contributed by atoms with Crippen LogP contribution in [0.15, 0.2) is 11.3 Å². The van der Waals surface area contributed by atoms with Crippen LogP contribution in [0.1, 0.15) is 46.9 Å². The molecule has 2 N–H and O–H groups in total. The van der Waals surface area contributed by atoms with Crippen LogP contribution in [-0.2, 0) is 13.0 Å². The van der Waals surface area contributed by atoms with Crippen molar-refractivity contribution in [2.45, 2.75) is 66.1 Å². The van der Waals surface area contributed by atoms with Crippen molar-refractivity contribution in [3.8, 4) is 0 Å². The molecule has 7 heteroatoms. The number of rotatable bonds is 10. The van der Waals surface area contributed by atoms with Crippen molar-refractivity contribution in [1.82, 2.24) is 30.3 Å². The molecule has 1 heterocycles. The number of hydrogen-bond donors (Lipinski definition) is 2. The van der Waals surface area contributed by atoms with Gasteiger partial charge >= 0.3 is 0 Å². The number of aliphatic imine (C=N–C) groups is 1. The van der Waals surface area contributed by atoms with E-state index in [0.717, 1.165) is 50.8 Å². The summed E-state index contributed by atoms with van der Waals surface area (Å²) in [7, 11) is 1.81. The summed E-state index contributed by atoms with van der Waals surface area (Å²) in [6, 6.07) is 1.16. The van der Waals surface area contributed by atoms with Crippen LogP contribution in [0.4, 0.5) is 0 Å². The Kier molecular flexibility index (Phi) is 9.37. The normalized spacial score (nSPS) is 12.5. The van der Waals surface area contributed by atoms with Crippen molar-refractivity contribution in [3.05, 3.63) is 12.2 Å². The zero-order valence-corrected chi connectivity index (χ0v) is 16.2. The first-order valence-electron chi connectivity index (χ1n) is 9.06. The number of aryl methyl sites for hydroxylation is 1. The molecule has 0 amide bonds. The second-order valence-electron chi connectivity index (χ2n) is 6.50. The van der Waals surface area contributed by atoms with E-state index >= 15 is 0 Å². The van der Waals surface area contributed by atoms with Gasteiger partial charge in [0.05, 0.1) is 0 Å². The van der Waals surface area contributed by atoms with Crippen LogP contribution >= 0.6 is 0 Å². The Morgan fingerprint density at radius 2 is 1.88 bits per heavy atom. The van der Waals surface area contributed by atoms with E-state index in [-0.39, 0.29) is 0 Å². The molecular formula is C17H35N7. The zero-order chi connectivity index (χ0) is 17.9. The highest BCUT2D eigenvalue weighted by molar-refractivity contribution is 5.79. The lowest BCUT2D eigenvalue weighted by Crippen LogP contribution is -2.42. The van der Waals surface area contributed by atoms with Crippen LogP contribution in [0.3, 0.4) is 0 Å². The predicted molar refractivity (Wildman–Crippen MR) is 100 cm³/mol. The fraction of sp³-hybridized carbons (Fsp3) is 0.824. The van der Waals surface area contributed by atoms with Crippen LogP contribution in [0.25, 0.3) is 0 Å². The molecule has 1 aromatic rings. The minimum absolute atomic E-state index is 0.582. The average Bonchev–Trinajstić information content (AvgIpc) is 2.99. The molecule has 0 spiro atoms. The maximum atomic E-state index is 4.28. The quantitative estimate of drug-likeness (QED) is 0.385. The topological polar surface area (TPSA) is 70.4 Å². The summed E-state index contributed by atoms with van der Waals surface area (Å²) in [6.07, 6.45) is 3.78. The third-order valence-corrected chi connectivity index (χ3v) is 4.09. The summed E-state index contributed by atoms with van der Waals surface area (Å²) >= 11 is 0. The number of hydrogen-bond acceptors (Lipinski definition) is 4. The van der Waals surface area contributed by atoms with E-state index in [1.54, 1.807) is 13.4 Å². The van der Waals surface area contributed by atoms with E-state index in [2.05, 4.69) is 69.9 Å². The van der Waals surface area contributed by atoms with Gasteiger partial charge < -0.3 is 15.2 Å². The maximum Gasteiger partial charge on any atom is 0.191 e. The van der Waals surface area contributed by atoms with E-state index in [9.17, 15) is 0 Å². The van der Waals surface area contributed by atoms with E-state index in [0.29, 0.717) is 12.1 Å². The third-order valence-electron chi connectivity index (χ3n) is 4.09. The largest absolute Gasteiger partial charge is 0.356 e. The first kappa shape index (κ1) is 20.4. The lowest BCUT2D eigenvalue weighted by molar-refractivity contribution is 0.173. The second-order valence-corrected chi connectivity index (χ2v) is 6.50. The van der Waals surface area contributed by atoms with Gasteiger partial charge in [0.15, 0.2) is 5.96 Å². The molecule has 24 heavy (non-hydrogen) atoms. The highest BCUT2D eigenvalue weighted by Gasteiger charge is 2.12. The first-order valence-corrected chi connectivity index (χ1v) is 9.06. The molecule has 0 atom stereocenters. The summed E-state index contributed by atoms with van der Waals surface area (Å²) in [6.45, 7) is 14.8. The van der Waals surface area contributed by atoms with Gasteiger partial charge in [-0.2, -0.15) is 0 Å². The van der Waals surface area contributed by atoms with Gasteiger partial charge in [-0.05, 0) is 34.1 Å². The zero-order valence-electron chi connectivity index (χ0n) is 16.2. The molecule has 0 fully saturated rings.